The van der Waals surface area contributed by atoms with E-state index in [4.69, 9.17) is 0 Å². The molecule has 8 atom stereocenters. The molecule has 8 bridgehead atoms. The van der Waals surface area contributed by atoms with E-state index in [1.54, 1.807) is 0 Å². The van der Waals surface area contributed by atoms with Gasteiger partial charge in [0.25, 0.3) is 0 Å². The van der Waals surface area contributed by atoms with Gasteiger partial charge in [0.15, 0.2) is 49.6 Å². The summed E-state index contributed by atoms with van der Waals surface area (Å²) in [6, 6.07) is 64.3. The monoisotopic (exact) mass is 925 g/mol. The van der Waals surface area contributed by atoms with E-state index in [0.717, 1.165) is 64.7 Å². The quantitative estimate of drug-likeness (QED) is 0.122. The lowest BCUT2D eigenvalue weighted by molar-refractivity contribution is -0.913. The van der Waals surface area contributed by atoms with Crippen LogP contribution in [0.15, 0.2) is 219 Å². The topological polar surface area (TPSA) is 15.5 Å². The van der Waals surface area contributed by atoms with E-state index in [0.29, 0.717) is 47.3 Å². The number of hydrogen-bond donors (Lipinski definition) is 0. The second kappa shape index (κ2) is 23.9. The van der Waals surface area contributed by atoms with Crippen molar-refractivity contribution in [2.24, 2.45) is 0 Å². The Morgan fingerprint density at radius 3 is 0.871 bits per heavy atom. The summed E-state index contributed by atoms with van der Waals surface area (Å²) in [7, 11) is 0. The first kappa shape index (κ1) is 48.5. The van der Waals surface area contributed by atoms with Crippen molar-refractivity contribution in [3.05, 3.63) is 264 Å². The van der Waals surface area contributed by atoms with Gasteiger partial charge in [0.1, 0.15) is 0 Å². The van der Waals surface area contributed by atoms with Crippen molar-refractivity contribution in [2.45, 2.75) is 140 Å². The zero-order valence-corrected chi connectivity index (χ0v) is 42.3. The number of rotatable bonds is 10. The second-order valence-electron chi connectivity index (χ2n) is 20.7. The molecule has 4 aromatic carbocycles. The highest BCUT2D eigenvalue weighted by atomic mass is 15.1. The van der Waals surface area contributed by atoms with Gasteiger partial charge in [-0.2, -0.15) is 0 Å². The Morgan fingerprint density at radius 2 is 0.586 bits per heavy atom. The molecule has 0 fully saturated rings. The van der Waals surface area contributed by atoms with Crippen molar-refractivity contribution in [2.75, 3.05) is 0 Å². The highest BCUT2D eigenvalue weighted by Crippen LogP contribution is 2.43. The van der Waals surface area contributed by atoms with Crippen molar-refractivity contribution < 1.29 is 18.3 Å². The first-order valence-corrected chi connectivity index (χ1v) is 26.5. The summed E-state index contributed by atoms with van der Waals surface area (Å²) in [5.74, 6) is 3.43. The molecule has 8 unspecified atom stereocenters. The third-order valence-electron chi connectivity index (χ3n) is 16.0. The number of benzene rings is 4. The van der Waals surface area contributed by atoms with Crippen LogP contribution in [-0.4, -0.2) is 0 Å². The molecule has 0 saturated carbocycles. The van der Waals surface area contributed by atoms with Crippen LogP contribution in [0.5, 0.6) is 0 Å². The summed E-state index contributed by atoms with van der Waals surface area (Å²) in [5, 5.41) is 0. The van der Waals surface area contributed by atoms with Gasteiger partial charge in [0, 0.05) is 48.5 Å². The normalized spacial score (nSPS) is 20.9. The summed E-state index contributed by atoms with van der Waals surface area (Å²) in [6.45, 7) is 11.1. The first-order valence-electron chi connectivity index (χ1n) is 26.5. The van der Waals surface area contributed by atoms with Gasteiger partial charge in [0.05, 0.1) is 0 Å². The average molecular weight is 925 g/mol. The van der Waals surface area contributed by atoms with Crippen molar-refractivity contribution >= 4 is 0 Å². The third-order valence-corrected chi connectivity index (χ3v) is 16.0. The van der Waals surface area contributed by atoms with E-state index < -0.39 is 0 Å². The first-order chi connectivity index (χ1) is 34.4. The zero-order chi connectivity index (χ0) is 48.1. The van der Waals surface area contributed by atoms with E-state index in [-0.39, 0.29) is 0 Å². The minimum atomic E-state index is 0.398. The van der Waals surface area contributed by atoms with E-state index >= 15 is 0 Å². The van der Waals surface area contributed by atoms with Crippen LogP contribution in [0.4, 0.5) is 0 Å². The summed E-state index contributed by atoms with van der Waals surface area (Å²) in [6.07, 6.45) is 27.3. The molecule has 356 valence electrons. The minimum Gasteiger partial charge on any atom is -0.147 e. The smallest absolute Gasteiger partial charge is 0.147 e. The standard InChI is InChI=1S/C66H76N4/c1-5-53-45-65(57-23-15-9-16-24-57)47-63(43-51(3)55-19-11-7-12-20-55)61-31-39-69(40-32-61)50-70-41-33-62(34-42-70)64(44-52(4)56-21-13-8-14-22-56)48-66(58-25-17-10-18-26-58)46-54(6-2)60-29-37-68(38-30-60)49-67-35-27-59(53)28-36-67/h7-42,51-54,63-66H,5-6,43-50H2,1-4H3/q+4. The maximum atomic E-state index is 2.42. The van der Waals surface area contributed by atoms with Gasteiger partial charge in [-0.25, -0.2) is 0 Å². The maximum absolute atomic E-state index is 2.42. The van der Waals surface area contributed by atoms with Crippen LogP contribution in [0.2, 0.25) is 0 Å². The number of hydrogen-bond acceptors (Lipinski definition) is 0. The van der Waals surface area contributed by atoms with E-state index in [1.165, 1.54) is 44.5 Å². The lowest BCUT2D eigenvalue weighted by Gasteiger charge is -2.29. The lowest BCUT2D eigenvalue weighted by atomic mass is 9.75. The van der Waals surface area contributed by atoms with Gasteiger partial charge >= 0.3 is 13.3 Å². The fraction of sp³-hybridized carbons (Fsp3) is 0.333. The predicted molar refractivity (Wildman–Crippen MR) is 285 cm³/mol. The van der Waals surface area contributed by atoms with Gasteiger partial charge in [-0.1, -0.05) is 149 Å². The molecular weight excluding hydrogens is 849 g/mol. The SMILES string of the molecule is CCC1CC(c2ccccc2)CC(CC(C)c2ccccc2)c2cc[n+](cc2)C[n+]2ccc(cc2)C(CC(C)c2ccccc2)CC(c2ccccc2)CC(CC)c2cc[n+](cc2)C[n+]2ccc1cc2. The van der Waals surface area contributed by atoms with Crippen molar-refractivity contribution in [3.63, 3.8) is 0 Å². The number of nitrogens with zero attached hydrogens (tertiary/aromatic N) is 4. The molecular formula is C66H76N4+4. The number of pyridine rings is 4. The van der Waals surface area contributed by atoms with Crippen LogP contribution >= 0.6 is 0 Å². The average Bonchev–Trinajstić information content (AvgIpc) is 3.42. The molecule has 8 aromatic rings. The van der Waals surface area contributed by atoms with E-state index in [1.807, 2.05) is 0 Å². The van der Waals surface area contributed by atoms with Crippen LogP contribution in [0, 0.1) is 0 Å². The Bertz CT molecular complexity index is 2570. The van der Waals surface area contributed by atoms with Gasteiger partial charge in [-0.05, 0) is 143 Å². The highest BCUT2D eigenvalue weighted by molar-refractivity contribution is 5.29. The minimum absolute atomic E-state index is 0.398. The van der Waals surface area contributed by atoms with Crippen LogP contribution in [0.1, 0.15) is 171 Å². The van der Waals surface area contributed by atoms with Gasteiger partial charge in [-0.3, -0.25) is 0 Å². The van der Waals surface area contributed by atoms with Crippen LogP contribution in [0.25, 0.3) is 0 Å². The predicted octanol–water partition coefficient (Wildman–Crippen LogP) is 14.2. The fourth-order valence-corrected chi connectivity index (χ4v) is 11.8. The highest BCUT2D eigenvalue weighted by Gasteiger charge is 2.29. The van der Waals surface area contributed by atoms with Crippen LogP contribution in [-0.2, 0) is 13.3 Å². The molecule has 0 aliphatic carbocycles. The maximum Gasteiger partial charge on any atom is 0.343 e. The van der Waals surface area contributed by atoms with Crippen molar-refractivity contribution in [1.29, 1.82) is 0 Å². The van der Waals surface area contributed by atoms with E-state index in [2.05, 4.69) is 265 Å². The molecule has 70 heavy (non-hydrogen) atoms. The Hall–Kier alpha value is -6.52. The van der Waals surface area contributed by atoms with Gasteiger partial charge in [0.2, 0.25) is 0 Å². The molecule has 15 rings (SSSR count). The van der Waals surface area contributed by atoms with Gasteiger partial charge < -0.3 is 0 Å². The largest absolute Gasteiger partial charge is 0.343 e. The molecule has 0 amide bonds. The Kier molecular flexibility index (Phi) is 16.5. The lowest BCUT2D eigenvalue weighted by Crippen LogP contribution is -2.50. The molecule has 11 heterocycles. The molecule has 4 nitrogen and oxygen atoms in total. The molecule has 7 aliphatic heterocycles. The summed E-state index contributed by atoms with van der Waals surface area (Å²) >= 11 is 0. The number of aromatic nitrogens is 4. The summed E-state index contributed by atoms with van der Waals surface area (Å²) < 4.78 is 9.34. The zero-order valence-electron chi connectivity index (χ0n) is 42.3. The molecule has 0 radical (unpaired) electrons. The Labute approximate surface area is 420 Å². The summed E-state index contributed by atoms with van der Waals surface area (Å²) in [4.78, 5) is 0. The second-order valence-corrected chi connectivity index (χ2v) is 20.7. The Morgan fingerprint density at radius 1 is 0.329 bits per heavy atom. The molecule has 4 heteroatoms. The van der Waals surface area contributed by atoms with Crippen molar-refractivity contribution in [3.8, 4) is 0 Å². The molecule has 0 saturated heterocycles. The summed E-state index contributed by atoms with van der Waals surface area (Å²) in [5.41, 5.74) is 11.5. The molecule has 4 aromatic heterocycles. The van der Waals surface area contributed by atoms with Crippen molar-refractivity contribution in [1.82, 2.24) is 0 Å². The molecule has 7 aliphatic rings. The molecule has 0 spiro atoms. The van der Waals surface area contributed by atoms with Crippen LogP contribution < -0.4 is 18.3 Å². The van der Waals surface area contributed by atoms with Crippen LogP contribution in [0.3, 0.4) is 0 Å². The molecule has 0 N–H and O–H groups in total. The Balaban J connectivity index is 1.08. The van der Waals surface area contributed by atoms with Gasteiger partial charge in [-0.15, -0.1) is 18.3 Å². The third kappa shape index (κ3) is 12.6. The van der Waals surface area contributed by atoms with E-state index in [9.17, 15) is 0 Å². The fourth-order valence-electron chi connectivity index (χ4n) is 11.8.